The molecule has 1 aliphatic carbocycles. The maximum absolute atomic E-state index is 13.9. The van der Waals surface area contributed by atoms with E-state index in [-0.39, 0.29) is 17.5 Å². The Balaban J connectivity index is 1.71. The van der Waals surface area contributed by atoms with Gasteiger partial charge in [0.2, 0.25) is 17.6 Å². The van der Waals surface area contributed by atoms with Gasteiger partial charge in [-0.05, 0) is 54.8 Å². The molecule has 1 fully saturated rings. The molecule has 2 aromatic carbocycles. The normalized spacial score (nSPS) is 13.1. The summed E-state index contributed by atoms with van der Waals surface area (Å²) in [4.78, 5) is 24.2. The maximum Gasteiger partial charge on any atom is 0.248 e. The van der Waals surface area contributed by atoms with Gasteiger partial charge in [0.1, 0.15) is 5.82 Å². The monoisotopic (exact) mass is 414 g/mol. The van der Waals surface area contributed by atoms with Crippen molar-refractivity contribution in [3.05, 3.63) is 47.8 Å². The molecule has 0 spiro atoms. The van der Waals surface area contributed by atoms with Crippen LogP contribution in [-0.2, 0) is 9.59 Å². The van der Waals surface area contributed by atoms with Crippen molar-refractivity contribution < 1.29 is 28.2 Å². The molecule has 8 heteroatoms. The van der Waals surface area contributed by atoms with Crippen molar-refractivity contribution in [2.75, 3.05) is 32.0 Å². The number of rotatable bonds is 8. The summed E-state index contributed by atoms with van der Waals surface area (Å²) in [5.74, 6) is 0.139. The summed E-state index contributed by atoms with van der Waals surface area (Å²) in [7, 11) is 4.52. The van der Waals surface area contributed by atoms with Gasteiger partial charge >= 0.3 is 0 Å². The highest BCUT2D eigenvalue weighted by Crippen LogP contribution is 2.38. The van der Waals surface area contributed by atoms with E-state index in [0.29, 0.717) is 28.5 Å². The van der Waals surface area contributed by atoms with Gasteiger partial charge < -0.3 is 24.8 Å². The van der Waals surface area contributed by atoms with Crippen molar-refractivity contribution in [3.8, 4) is 17.2 Å². The van der Waals surface area contributed by atoms with Crippen LogP contribution in [0.15, 0.2) is 36.4 Å². The minimum atomic E-state index is -0.560. The summed E-state index contributed by atoms with van der Waals surface area (Å²) < 4.78 is 29.8. The molecule has 0 bridgehead atoms. The average molecular weight is 414 g/mol. The van der Waals surface area contributed by atoms with Crippen LogP contribution in [0.1, 0.15) is 18.4 Å². The molecule has 0 aliphatic heterocycles. The summed E-state index contributed by atoms with van der Waals surface area (Å²) in [5.41, 5.74) is 1.07. The van der Waals surface area contributed by atoms with Gasteiger partial charge in [0, 0.05) is 17.7 Å². The third-order valence-corrected chi connectivity index (χ3v) is 4.55. The van der Waals surface area contributed by atoms with Gasteiger partial charge in [0.25, 0.3) is 0 Å². The first kappa shape index (κ1) is 21.2. The fraction of sp³-hybridized carbons (Fsp3) is 0.273. The minimum Gasteiger partial charge on any atom is -0.493 e. The molecule has 3 rings (SSSR count). The van der Waals surface area contributed by atoms with Crippen molar-refractivity contribution in [1.29, 1.82) is 0 Å². The summed E-state index contributed by atoms with van der Waals surface area (Å²) in [5, 5.41) is 5.20. The molecule has 0 radical (unpaired) electrons. The molecule has 0 unspecified atom stereocenters. The molecule has 1 saturated carbocycles. The molecule has 2 N–H and O–H groups in total. The highest BCUT2D eigenvalue weighted by Gasteiger charge is 2.30. The fourth-order valence-electron chi connectivity index (χ4n) is 2.83. The topological polar surface area (TPSA) is 85.9 Å². The highest BCUT2D eigenvalue weighted by atomic mass is 19.1. The Hall–Kier alpha value is -3.55. The largest absolute Gasteiger partial charge is 0.493 e. The van der Waals surface area contributed by atoms with Crippen LogP contribution in [0.5, 0.6) is 17.2 Å². The number of benzene rings is 2. The number of ether oxygens (including phenoxy) is 3. The van der Waals surface area contributed by atoms with Crippen LogP contribution >= 0.6 is 0 Å². The Kier molecular flexibility index (Phi) is 6.56. The van der Waals surface area contributed by atoms with Crippen LogP contribution in [-0.4, -0.2) is 33.1 Å². The molecule has 0 aromatic heterocycles. The third kappa shape index (κ3) is 5.08. The van der Waals surface area contributed by atoms with Gasteiger partial charge in [0.05, 0.1) is 27.0 Å². The van der Waals surface area contributed by atoms with Gasteiger partial charge in [-0.2, -0.15) is 0 Å². The van der Waals surface area contributed by atoms with E-state index in [9.17, 15) is 14.0 Å². The van der Waals surface area contributed by atoms with Crippen molar-refractivity contribution in [2.24, 2.45) is 5.92 Å². The lowest BCUT2D eigenvalue weighted by Gasteiger charge is -2.12. The number of carbonyl (C=O) groups is 2. The first-order chi connectivity index (χ1) is 14.4. The van der Waals surface area contributed by atoms with Gasteiger partial charge in [0.15, 0.2) is 11.5 Å². The summed E-state index contributed by atoms with van der Waals surface area (Å²) in [6.45, 7) is 0. The van der Waals surface area contributed by atoms with Gasteiger partial charge in [-0.15, -0.1) is 0 Å². The third-order valence-electron chi connectivity index (χ3n) is 4.55. The Bertz CT molecular complexity index is 960. The van der Waals surface area contributed by atoms with Crippen molar-refractivity contribution in [2.45, 2.75) is 12.8 Å². The lowest BCUT2D eigenvalue weighted by molar-refractivity contribution is -0.117. The highest BCUT2D eigenvalue weighted by molar-refractivity contribution is 6.02. The minimum absolute atomic E-state index is 0.0401. The number of anilines is 2. The predicted octanol–water partition coefficient (Wildman–Crippen LogP) is 3.85. The predicted molar refractivity (Wildman–Crippen MR) is 112 cm³/mol. The molecular weight excluding hydrogens is 391 g/mol. The van der Waals surface area contributed by atoms with E-state index >= 15 is 0 Å². The number of hydrogen-bond acceptors (Lipinski definition) is 5. The van der Waals surface area contributed by atoms with E-state index in [1.54, 1.807) is 18.2 Å². The first-order valence-electron chi connectivity index (χ1n) is 9.34. The van der Waals surface area contributed by atoms with Crippen LogP contribution in [0, 0.1) is 11.7 Å². The van der Waals surface area contributed by atoms with Crippen LogP contribution in [0.2, 0.25) is 0 Å². The van der Waals surface area contributed by atoms with Gasteiger partial charge in [-0.25, -0.2) is 4.39 Å². The number of halogens is 1. The van der Waals surface area contributed by atoms with E-state index in [0.717, 1.165) is 12.8 Å². The number of methoxy groups -OCH3 is 3. The van der Waals surface area contributed by atoms with Crippen LogP contribution in [0.25, 0.3) is 6.08 Å². The lowest BCUT2D eigenvalue weighted by atomic mass is 10.1. The van der Waals surface area contributed by atoms with E-state index in [2.05, 4.69) is 10.6 Å². The first-order valence-corrected chi connectivity index (χ1v) is 9.34. The number of amides is 2. The Morgan fingerprint density at radius 1 is 1.00 bits per heavy atom. The maximum atomic E-state index is 13.9. The number of carbonyl (C=O) groups excluding carboxylic acids is 2. The zero-order chi connectivity index (χ0) is 21.7. The molecule has 2 amide bonds. The smallest absolute Gasteiger partial charge is 0.248 e. The van der Waals surface area contributed by atoms with Crippen LogP contribution < -0.4 is 24.8 Å². The molecular formula is C22H23FN2O5. The molecule has 0 atom stereocenters. The molecule has 7 nitrogen and oxygen atoms in total. The van der Waals surface area contributed by atoms with Crippen molar-refractivity contribution >= 4 is 29.3 Å². The molecule has 0 heterocycles. The molecule has 158 valence electrons. The SMILES string of the molecule is COc1cc(C=CC(=O)Nc2ccc(F)c(NC(=O)C3CC3)c2)cc(OC)c1OC. The second-order valence-electron chi connectivity index (χ2n) is 6.74. The fourth-order valence-corrected chi connectivity index (χ4v) is 2.83. The van der Waals surface area contributed by atoms with E-state index in [1.807, 2.05) is 0 Å². The van der Waals surface area contributed by atoms with E-state index in [4.69, 9.17) is 14.2 Å². The lowest BCUT2D eigenvalue weighted by Crippen LogP contribution is -2.15. The quantitative estimate of drug-likeness (QED) is 0.641. The standard InChI is InChI=1S/C22H23FN2O5/c1-28-18-10-13(11-19(29-2)21(18)30-3)4-9-20(26)24-15-7-8-16(23)17(12-15)25-22(27)14-5-6-14/h4,7-12,14H,5-6H2,1-3H3,(H,24,26)(H,25,27). The van der Waals surface area contributed by atoms with Gasteiger partial charge in [-0.3, -0.25) is 9.59 Å². The average Bonchev–Trinajstić information content (AvgIpc) is 3.59. The molecule has 1 aliphatic rings. The van der Waals surface area contributed by atoms with Crippen molar-refractivity contribution in [1.82, 2.24) is 0 Å². The van der Waals surface area contributed by atoms with Crippen LogP contribution in [0.4, 0.5) is 15.8 Å². The molecule has 30 heavy (non-hydrogen) atoms. The zero-order valence-electron chi connectivity index (χ0n) is 17.0. The summed E-state index contributed by atoms with van der Waals surface area (Å²) >= 11 is 0. The number of hydrogen-bond donors (Lipinski definition) is 2. The second kappa shape index (κ2) is 9.30. The zero-order valence-corrected chi connectivity index (χ0v) is 17.0. The Morgan fingerprint density at radius 2 is 1.67 bits per heavy atom. The second-order valence-corrected chi connectivity index (χ2v) is 6.74. The van der Waals surface area contributed by atoms with E-state index in [1.165, 1.54) is 45.6 Å². The molecule has 0 saturated heterocycles. The Morgan fingerprint density at radius 3 is 2.23 bits per heavy atom. The van der Waals surface area contributed by atoms with Crippen molar-refractivity contribution in [3.63, 3.8) is 0 Å². The van der Waals surface area contributed by atoms with Crippen LogP contribution in [0.3, 0.4) is 0 Å². The Labute approximate surface area is 173 Å². The summed E-state index contributed by atoms with van der Waals surface area (Å²) in [6.07, 6.45) is 4.54. The van der Waals surface area contributed by atoms with Gasteiger partial charge in [-0.1, -0.05) is 0 Å². The number of nitrogens with one attached hydrogen (secondary N) is 2. The summed E-state index contributed by atoms with van der Waals surface area (Å²) in [6, 6.07) is 7.41. The molecule has 2 aromatic rings. The van der Waals surface area contributed by atoms with E-state index < -0.39 is 11.7 Å².